The highest BCUT2D eigenvalue weighted by molar-refractivity contribution is 7.11. The Hall–Kier alpha value is -3.40. The molecule has 0 aliphatic carbocycles. The summed E-state index contributed by atoms with van der Waals surface area (Å²) in [5.41, 5.74) is -0.160. The molecular weight excluding hydrogens is 430 g/mol. The molecule has 0 aliphatic rings. The van der Waals surface area contributed by atoms with Gasteiger partial charge in [0.2, 0.25) is 0 Å². The van der Waals surface area contributed by atoms with Gasteiger partial charge in [-0.15, -0.1) is 11.3 Å². The van der Waals surface area contributed by atoms with Gasteiger partial charge in [-0.05, 0) is 37.6 Å². The second-order valence-corrected chi connectivity index (χ2v) is 8.77. The Balaban J connectivity index is 1.90. The summed E-state index contributed by atoms with van der Waals surface area (Å²) in [6.45, 7) is 4.66. The number of imidazole rings is 1. The third-order valence-corrected chi connectivity index (χ3v) is 6.06. The first-order valence-corrected chi connectivity index (χ1v) is 11.2. The number of aryl methyl sites for hydroxylation is 2. The predicted molar refractivity (Wildman–Crippen MR) is 123 cm³/mol. The molecule has 0 radical (unpaired) electrons. The zero-order chi connectivity index (χ0) is 22.8. The van der Waals surface area contributed by atoms with Crippen molar-refractivity contribution in [2.75, 3.05) is 7.11 Å². The fraction of sp³-hybridized carbons (Fsp3) is 0.364. The largest absolute Gasteiger partial charge is 0.497 e. The molecule has 0 saturated heterocycles. The van der Waals surface area contributed by atoms with Crippen molar-refractivity contribution >= 4 is 22.5 Å². The summed E-state index contributed by atoms with van der Waals surface area (Å²) in [5, 5.41) is 0.815. The molecule has 0 amide bonds. The second kappa shape index (κ2) is 8.99. The van der Waals surface area contributed by atoms with Crippen LogP contribution >= 0.6 is 11.3 Å². The number of hydrogen-bond acceptors (Lipinski definition) is 7. The minimum Gasteiger partial charge on any atom is -0.497 e. The van der Waals surface area contributed by atoms with Crippen LogP contribution < -0.4 is 20.7 Å². The summed E-state index contributed by atoms with van der Waals surface area (Å²) < 4.78 is 15.6. The van der Waals surface area contributed by atoms with E-state index >= 15 is 0 Å². The van der Waals surface area contributed by atoms with Crippen molar-refractivity contribution in [1.29, 1.82) is 0 Å². The molecule has 10 heteroatoms. The number of methoxy groups -OCH3 is 1. The predicted octanol–water partition coefficient (Wildman–Crippen LogP) is 3.31. The van der Waals surface area contributed by atoms with E-state index in [1.165, 1.54) is 20.5 Å². The lowest BCUT2D eigenvalue weighted by molar-refractivity contribution is 0.406. The summed E-state index contributed by atoms with van der Waals surface area (Å²) in [7, 11) is 3.21. The van der Waals surface area contributed by atoms with Crippen molar-refractivity contribution in [2.45, 2.75) is 39.8 Å². The molecule has 1 aromatic carbocycles. The van der Waals surface area contributed by atoms with Gasteiger partial charge in [-0.2, -0.15) is 4.98 Å². The third kappa shape index (κ3) is 4.05. The fourth-order valence-corrected chi connectivity index (χ4v) is 4.22. The second-order valence-electron chi connectivity index (χ2n) is 7.45. The average Bonchev–Trinajstić information content (AvgIpc) is 3.36. The van der Waals surface area contributed by atoms with E-state index in [1.54, 1.807) is 49.2 Å². The molecule has 9 nitrogen and oxygen atoms in total. The smallest absolute Gasteiger partial charge is 0.332 e. The summed E-state index contributed by atoms with van der Waals surface area (Å²) in [4.78, 5) is 36.2. The maximum absolute atomic E-state index is 13.4. The monoisotopic (exact) mass is 455 g/mol. The molecule has 0 N–H and O–H groups in total. The van der Waals surface area contributed by atoms with Gasteiger partial charge in [0, 0.05) is 24.7 Å². The molecule has 0 atom stereocenters. The van der Waals surface area contributed by atoms with Gasteiger partial charge in [-0.1, -0.05) is 13.3 Å². The molecule has 168 valence electrons. The van der Waals surface area contributed by atoms with Gasteiger partial charge >= 0.3 is 11.7 Å². The fourth-order valence-electron chi connectivity index (χ4n) is 3.45. The first-order valence-electron chi connectivity index (χ1n) is 10.4. The van der Waals surface area contributed by atoms with E-state index in [4.69, 9.17) is 9.47 Å². The molecule has 0 saturated carbocycles. The maximum atomic E-state index is 13.4. The zero-order valence-electron chi connectivity index (χ0n) is 18.5. The summed E-state index contributed by atoms with van der Waals surface area (Å²) in [6.07, 6.45) is 3.39. The van der Waals surface area contributed by atoms with Crippen LogP contribution in [0.5, 0.6) is 17.5 Å². The Morgan fingerprint density at radius 3 is 2.44 bits per heavy atom. The zero-order valence-corrected chi connectivity index (χ0v) is 19.3. The number of thiazole rings is 1. The Kier molecular flexibility index (Phi) is 6.13. The first kappa shape index (κ1) is 21.8. The van der Waals surface area contributed by atoms with Crippen LogP contribution in [-0.2, 0) is 20.1 Å². The van der Waals surface area contributed by atoms with E-state index in [9.17, 15) is 9.59 Å². The molecule has 0 bridgehead atoms. The SMILES string of the molecule is CCCCn1c(=O)c2c(nc(Oc3ccc(OC)cc3)n2Cc2ncc(C)s2)n(C)c1=O. The van der Waals surface area contributed by atoms with Crippen LogP contribution in [0.2, 0.25) is 0 Å². The highest BCUT2D eigenvalue weighted by Gasteiger charge is 2.22. The molecule has 0 aliphatic heterocycles. The molecule has 4 aromatic rings. The highest BCUT2D eigenvalue weighted by atomic mass is 32.1. The Bertz CT molecular complexity index is 1360. The van der Waals surface area contributed by atoms with Crippen LogP contribution in [0.3, 0.4) is 0 Å². The lowest BCUT2D eigenvalue weighted by Gasteiger charge is -2.10. The lowest BCUT2D eigenvalue weighted by atomic mass is 10.3. The molecule has 3 aromatic heterocycles. The Labute approximate surface area is 188 Å². The van der Waals surface area contributed by atoms with Gasteiger partial charge in [0.1, 0.15) is 16.5 Å². The summed E-state index contributed by atoms with van der Waals surface area (Å²) in [6, 6.07) is 7.29. The maximum Gasteiger partial charge on any atom is 0.332 e. The third-order valence-electron chi connectivity index (χ3n) is 5.16. The molecule has 0 fully saturated rings. The van der Waals surface area contributed by atoms with E-state index in [0.717, 1.165) is 22.7 Å². The van der Waals surface area contributed by atoms with E-state index in [-0.39, 0.29) is 22.9 Å². The van der Waals surface area contributed by atoms with Crippen molar-refractivity contribution in [3.63, 3.8) is 0 Å². The van der Waals surface area contributed by atoms with Gasteiger partial charge in [-0.25, -0.2) is 9.78 Å². The Morgan fingerprint density at radius 1 is 1.09 bits per heavy atom. The van der Waals surface area contributed by atoms with Crippen LogP contribution in [0.25, 0.3) is 11.2 Å². The van der Waals surface area contributed by atoms with Crippen molar-refractivity contribution < 1.29 is 9.47 Å². The van der Waals surface area contributed by atoms with Gasteiger partial charge < -0.3 is 9.47 Å². The van der Waals surface area contributed by atoms with Gasteiger partial charge in [0.05, 0.1) is 13.7 Å². The standard InChI is InChI=1S/C22H25N5O4S/c1-5-6-11-26-20(28)18-19(25(3)22(26)29)24-21(27(18)13-17-23-12-14(2)32-17)31-16-9-7-15(30-4)8-10-16/h7-10,12H,5-6,11,13H2,1-4H3. The number of unbranched alkanes of at least 4 members (excludes halogenated alkanes) is 1. The molecule has 4 rings (SSSR count). The number of rotatable bonds is 8. The van der Waals surface area contributed by atoms with Crippen molar-refractivity contribution in [1.82, 2.24) is 23.7 Å². The van der Waals surface area contributed by atoms with Crippen molar-refractivity contribution in [2.24, 2.45) is 7.05 Å². The van der Waals surface area contributed by atoms with Crippen LogP contribution in [0.4, 0.5) is 0 Å². The van der Waals surface area contributed by atoms with Gasteiger partial charge in [0.25, 0.3) is 5.56 Å². The topological polar surface area (TPSA) is 93.2 Å². The lowest BCUT2D eigenvalue weighted by Crippen LogP contribution is -2.39. The van der Waals surface area contributed by atoms with E-state index in [0.29, 0.717) is 30.1 Å². The van der Waals surface area contributed by atoms with Crippen LogP contribution in [-0.4, -0.2) is 30.8 Å². The van der Waals surface area contributed by atoms with E-state index in [2.05, 4.69) is 9.97 Å². The molecule has 0 spiro atoms. The normalized spacial score (nSPS) is 11.2. The number of fused-ring (bicyclic) bond motifs is 1. The number of aromatic nitrogens is 5. The summed E-state index contributed by atoms with van der Waals surface area (Å²) >= 11 is 1.54. The number of benzene rings is 1. The van der Waals surface area contributed by atoms with Gasteiger partial charge in [-0.3, -0.25) is 18.5 Å². The number of hydrogen-bond donors (Lipinski definition) is 0. The van der Waals surface area contributed by atoms with Crippen LogP contribution in [0, 0.1) is 6.92 Å². The molecular formula is C22H25N5O4S. The number of ether oxygens (including phenoxy) is 2. The number of nitrogens with zero attached hydrogens (tertiary/aromatic N) is 5. The van der Waals surface area contributed by atoms with Crippen molar-refractivity contribution in [3.8, 4) is 17.5 Å². The first-order chi connectivity index (χ1) is 15.4. The quantitative estimate of drug-likeness (QED) is 0.405. The van der Waals surface area contributed by atoms with Gasteiger partial charge in [0.15, 0.2) is 11.2 Å². The van der Waals surface area contributed by atoms with Crippen LogP contribution in [0.15, 0.2) is 40.1 Å². The van der Waals surface area contributed by atoms with E-state index in [1.807, 2.05) is 13.8 Å². The Morgan fingerprint density at radius 2 is 1.81 bits per heavy atom. The average molecular weight is 456 g/mol. The minimum absolute atomic E-state index is 0.221. The molecule has 32 heavy (non-hydrogen) atoms. The van der Waals surface area contributed by atoms with E-state index < -0.39 is 0 Å². The minimum atomic E-state index is -0.387. The molecule has 3 heterocycles. The highest BCUT2D eigenvalue weighted by Crippen LogP contribution is 2.27. The molecule has 0 unspecified atom stereocenters. The van der Waals surface area contributed by atoms with Crippen LogP contribution in [0.1, 0.15) is 29.7 Å². The van der Waals surface area contributed by atoms with Crippen molar-refractivity contribution in [3.05, 3.63) is 61.2 Å². The summed E-state index contributed by atoms with van der Waals surface area (Å²) in [5.74, 6) is 1.24.